The molecule has 4 nitrogen and oxygen atoms in total. The molecular formula is C23H28N2O2. The van der Waals surface area contributed by atoms with Gasteiger partial charge in [-0.2, -0.15) is 0 Å². The van der Waals surface area contributed by atoms with Crippen molar-refractivity contribution in [3.05, 3.63) is 65.7 Å². The second-order valence-corrected chi connectivity index (χ2v) is 7.71. The van der Waals surface area contributed by atoms with Crippen molar-refractivity contribution in [3.63, 3.8) is 0 Å². The van der Waals surface area contributed by atoms with Crippen LogP contribution in [0.3, 0.4) is 0 Å². The Labute approximate surface area is 161 Å². The Morgan fingerprint density at radius 1 is 1.07 bits per heavy atom. The van der Waals surface area contributed by atoms with E-state index in [1.165, 1.54) is 23.7 Å². The second kappa shape index (κ2) is 8.13. The molecule has 142 valence electrons. The van der Waals surface area contributed by atoms with Crippen LogP contribution >= 0.6 is 0 Å². The Bertz CT molecular complexity index is 777. The fraction of sp³-hybridized carbons (Fsp3) is 0.435. The maximum absolute atomic E-state index is 11.4. The third-order valence-corrected chi connectivity index (χ3v) is 5.85. The quantitative estimate of drug-likeness (QED) is 0.760. The topological polar surface area (TPSA) is 32.8 Å². The zero-order valence-electron chi connectivity index (χ0n) is 16.0. The van der Waals surface area contributed by atoms with Crippen LogP contribution in [0.2, 0.25) is 0 Å². The fourth-order valence-corrected chi connectivity index (χ4v) is 4.59. The first-order chi connectivity index (χ1) is 13.2. The molecule has 0 bridgehead atoms. The molecule has 2 heterocycles. The number of rotatable bonds is 5. The molecule has 0 aliphatic carbocycles. The van der Waals surface area contributed by atoms with Crippen LogP contribution in [0.15, 0.2) is 54.6 Å². The number of para-hydroxylation sites is 1. The molecule has 0 radical (unpaired) electrons. The molecular weight excluding hydrogens is 336 g/mol. The van der Waals surface area contributed by atoms with Crippen LogP contribution in [0.5, 0.6) is 0 Å². The van der Waals surface area contributed by atoms with Gasteiger partial charge in [-0.25, -0.2) is 0 Å². The smallest absolute Gasteiger partial charge is 0.302 e. The van der Waals surface area contributed by atoms with Crippen LogP contribution in [0.25, 0.3) is 0 Å². The predicted molar refractivity (Wildman–Crippen MR) is 108 cm³/mol. The van der Waals surface area contributed by atoms with Gasteiger partial charge >= 0.3 is 5.97 Å². The summed E-state index contributed by atoms with van der Waals surface area (Å²) in [7, 11) is 0. The largest absolute Gasteiger partial charge is 0.465 e. The van der Waals surface area contributed by atoms with E-state index in [1.54, 1.807) is 0 Å². The highest BCUT2D eigenvalue weighted by Gasteiger charge is 2.36. The number of piperidine rings is 1. The van der Waals surface area contributed by atoms with Gasteiger partial charge in [-0.1, -0.05) is 48.5 Å². The predicted octanol–water partition coefficient (Wildman–Crippen LogP) is 3.50. The Morgan fingerprint density at radius 2 is 1.85 bits per heavy atom. The van der Waals surface area contributed by atoms with Crippen molar-refractivity contribution in [2.45, 2.75) is 32.4 Å². The van der Waals surface area contributed by atoms with Gasteiger partial charge < -0.3 is 9.64 Å². The summed E-state index contributed by atoms with van der Waals surface area (Å²) < 4.78 is 5.47. The number of carbonyl (C=O) groups is 1. The Hall–Kier alpha value is -2.33. The van der Waals surface area contributed by atoms with Gasteiger partial charge in [-0.15, -0.1) is 0 Å². The number of esters is 1. The molecule has 2 aliphatic rings. The Balaban J connectivity index is 1.49. The highest BCUT2D eigenvalue weighted by Crippen LogP contribution is 2.34. The minimum atomic E-state index is -0.184. The summed E-state index contributed by atoms with van der Waals surface area (Å²) in [5.74, 6) is 0.147. The molecule has 1 saturated heterocycles. The number of likely N-dealkylation sites (tertiary alicyclic amines) is 1. The van der Waals surface area contributed by atoms with Gasteiger partial charge in [0, 0.05) is 50.7 Å². The van der Waals surface area contributed by atoms with E-state index >= 15 is 0 Å². The van der Waals surface area contributed by atoms with Gasteiger partial charge in [0.1, 0.15) is 0 Å². The molecule has 0 amide bonds. The summed E-state index contributed by atoms with van der Waals surface area (Å²) in [6.45, 7) is 6.08. The minimum Gasteiger partial charge on any atom is -0.465 e. The van der Waals surface area contributed by atoms with Gasteiger partial charge in [0.2, 0.25) is 0 Å². The van der Waals surface area contributed by atoms with E-state index in [0.29, 0.717) is 18.6 Å². The van der Waals surface area contributed by atoms with Crippen molar-refractivity contribution in [2.75, 3.05) is 31.1 Å². The zero-order valence-corrected chi connectivity index (χ0v) is 16.0. The first kappa shape index (κ1) is 18.1. The highest BCUT2D eigenvalue weighted by atomic mass is 16.5. The van der Waals surface area contributed by atoms with E-state index in [4.69, 9.17) is 4.74 Å². The lowest BCUT2D eigenvalue weighted by Crippen LogP contribution is -2.52. The number of hydrogen-bond donors (Lipinski definition) is 0. The SMILES string of the molecule is CC(=O)OC[C@@H]1CN(Cc2ccccc2)CC[C@@H]1N1CCc2ccccc21. The van der Waals surface area contributed by atoms with E-state index in [9.17, 15) is 4.79 Å². The van der Waals surface area contributed by atoms with Crippen LogP contribution in [0.1, 0.15) is 24.5 Å². The molecule has 2 aliphatic heterocycles. The van der Waals surface area contributed by atoms with Gasteiger partial charge in [0.05, 0.1) is 6.61 Å². The molecule has 0 N–H and O–H groups in total. The molecule has 0 unspecified atom stereocenters. The van der Waals surface area contributed by atoms with Crippen molar-refractivity contribution in [1.29, 1.82) is 0 Å². The number of anilines is 1. The van der Waals surface area contributed by atoms with Crippen molar-refractivity contribution < 1.29 is 9.53 Å². The highest BCUT2D eigenvalue weighted by molar-refractivity contribution is 5.66. The number of ether oxygens (including phenoxy) is 1. The van der Waals surface area contributed by atoms with Crippen molar-refractivity contribution in [2.24, 2.45) is 5.92 Å². The summed E-state index contributed by atoms with van der Waals surface area (Å²) in [5, 5.41) is 0. The molecule has 2 atom stereocenters. The molecule has 2 aromatic rings. The standard InChI is InChI=1S/C23H28N2O2/c1-18(26)27-17-21-16-24(15-19-7-3-2-4-8-19)13-12-23(21)25-14-11-20-9-5-6-10-22(20)25/h2-10,21,23H,11-17H2,1H3/t21-,23-/m0/s1. The van der Waals surface area contributed by atoms with Crippen LogP contribution in [-0.2, 0) is 22.5 Å². The van der Waals surface area contributed by atoms with Crippen molar-refractivity contribution in [1.82, 2.24) is 4.90 Å². The maximum Gasteiger partial charge on any atom is 0.302 e. The van der Waals surface area contributed by atoms with Crippen molar-refractivity contribution >= 4 is 11.7 Å². The number of nitrogens with zero attached hydrogens (tertiary/aromatic N) is 2. The molecule has 1 fully saturated rings. The molecule has 0 saturated carbocycles. The van der Waals surface area contributed by atoms with Gasteiger partial charge in [0.25, 0.3) is 0 Å². The van der Waals surface area contributed by atoms with E-state index in [1.807, 2.05) is 0 Å². The fourth-order valence-electron chi connectivity index (χ4n) is 4.59. The van der Waals surface area contributed by atoms with Crippen LogP contribution in [0, 0.1) is 5.92 Å². The van der Waals surface area contributed by atoms with Crippen LogP contribution in [0.4, 0.5) is 5.69 Å². The van der Waals surface area contributed by atoms with Crippen LogP contribution < -0.4 is 4.90 Å². The van der Waals surface area contributed by atoms with Gasteiger partial charge in [-0.05, 0) is 30.0 Å². The third-order valence-electron chi connectivity index (χ3n) is 5.85. The average Bonchev–Trinajstić information content (AvgIpc) is 3.11. The van der Waals surface area contributed by atoms with E-state index < -0.39 is 0 Å². The summed E-state index contributed by atoms with van der Waals surface area (Å²) in [6.07, 6.45) is 2.22. The molecule has 27 heavy (non-hydrogen) atoms. The average molecular weight is 364 g/mol. The Morgan fingerprint density at radius 3 is 2.67 bits per heavy atom. The summed E-state index contributed by atoms with van der Waals surface area (Å²) in [6, 6.07) is 19.8. The summed E-state index contributed by atoms with van der Waals surface area (Å²) >= 11 is 0. The lowest BCUT2D eigenvalue weighted by atomic mass is 9.90. The number of carbonyl (C=O) groups excluding carboxylic acids is 1. The lowest BCUT2D eigenvalue weighted by molar-refractivity contribution is -0.143. The normalized spacial score (nSPS) is 22.5. The van der Waals surface area contributed by atoms with Crippen LogP contribution in [-0.4, -0.2) is 43.2 Å². The van der Waals surface area contributed by atoms with Crippen molar-refractivity contribution in [3.8, 4) is 0 Å². The molecule has 0 spiro atoms. The van der Waals surface area contributed by atoms with E-state index in [-0.39, 0.29) is 5.97 Å². The third kappa shape index (κ3) is 4.16. The second-order valence-electron chi connectivity index (χ2n) is 7.71. The minimum absolute atomic E-state index is 0.184. The van der Waals surface area contributed by atoms with E-state index in [0.717, 1.165) is 39.0 Å². The summed E-state index contributed by atoms with van der Waals surface area (Å²) in [4.78, 5) is 16.5. The molecule has 4 heteroatoms. The first-order valence-electron chi connectivity index (χ1n) is 9.95. The molecule has 0 aromatic heterocycles. The summed E-state index contributed by atoms with van der Waals surface area (Å²) in [5.41, 5.74) is 4.15. The molecule has 4 rings (SSSR count). The maximum atomic E-state index is 11.4. The van der Waals surface area contributed by atoms with E-state index in [2.05, 4.69) is 64.4 Å². The Kier molecular flexibility index (Phi) is 5.44. The molecule has 2 aromatic carbocycles. The first-order valence-corrected chi connectivity index (χ1v) is 9.95. The number of benzene rings is 2. The monoisotopic (exact) mass is 364 g/mol. The van der Waals surface area contributed by atoms with Gasteiger partial charge in [-0.3, -0.25) is 9.69 Å². The number of fused-ring (bicyclic) bond motifs is 1. The zero-order chi connectivity index (χ0) is 18.6. The lowest BCUT2D eigenvalue weighted by Gasteiger charge is -2.43. The van der Waals surface area contributed by atoms with Gasteiger partial charge in [0.15, 0.2) is 0 Å². The number of hydrogen-bond acceptors (Lipinski definition) is 4.